The molecule has 616 valence electrons. The van der Waals surface area contributed by atoms with Crippen LogP contribution in [0.1, 0.15) is 136 Å². The van der Waals surface area contributed by atoms with Crippen molar-refractivity contribution < 1.29 is 142 Å². The third kappa shape index (κ3) is 32.5. The Kier molecular flexibility index (Phi) is 45.1. The molecule has 0 spiro atoms. The molecule has 0 aromatic carbocycles. The average molecular weight is 1540 g/mol. The number of nitrogens with one attached hydrogen (secondary N) is 11. The molecule has 6 unspecified atom stereocenters. The number of aliphatic hydroxyl groups is 11. The van der Waals surface area contributed by atoms with Crippen LogP contribution in [-0.2, 0) is 85.9 Å². The Labute approximate surface area is 621 Å². The molecular weight excluding hydrogens is 1420 g/mol. The monoisotopic (exact) mass is 1540 g/mol. The lowest BCUT2D eigenvalue weighted by Gasteiger charge is -2.57. The van der Waals surface area contributed by atoms with E-state index in [2.05, 4.69) is 58.5 Å². The maximum absolute atomic E-state index is 13.6. The van der Waals surface area contributed by atoms with E-state index in [4.69, 9.17) is 33.2 Å². The van der Waals surface area contributed by atoms with Crippen molar-refractivity contribution in [2.45, 2.75) is 221 Å². The molecule has 1 heterocycles. The third-order valence-electron chi connectivity index (χ3n) is 18.2. The minimum absolute atomic E-state index is 0.0294. The minimum atomic E-state index is -1.82. The van der Waals surface area contributed by atoms with E-state index in [9.17, 15) is 109 Å². The first kappa shape index (κ1) is 94.7. The second-order valence-electron chi connectivity index (χ2n) is 26.7. The van der Waals surface area contributed by atoms with Gasteiger partial charge < -0.3 is 148 Å². The number of hydrogen-bond donors (Lipinski definition) is 22. The summed E-state index contributed by atoms with van der Waals surface area (Å²) >= 11 is 0. The van der Waals surface area contributed by atoms with Crippen LogP contribution in [-0.4, -0.2) is 331 Å². The molecule has 2 aliphatic carbocycles. The highest BCUT2D eigenvalue weighted by Crippen LogP contribution is 2.43. The second kappa shape index (κ2) is 51.0. The van der Waals surface area contributed by atoms with E-state index in [1.807, 2.05) is 0 Å². The van der Waals surface area contributed by atoms with E-state index < -0.39 is 157 Å². The number of carbonyl (C=O) groups excluding carboxylic acids is 11. The van der Waals surface area contributed by atoms with Gasteiger partial charge in [-0.2, -0.15) is 0 Å². The first-order valence-corrected chi connectivity index (χ1v) is 36.5. The van der Waals surface area contributed by atoms with Crippen molar-refractivity contribution in [3.05, 3.63) is 0 Å². The molecule has 15 atom stereocenters. The Morgan fingerprint density at radius 2 is 0.766 bits per heavy atom. The normalized spacial score (nSPS) is 24.8. The highest BCUT2D eigenvalue weighted by atomic mass is 16.7. The van der Waals surface area contributed by atoms with Gasteiger partial charge in [-0.05, 0) is 64.2 Å². The molecule has 11 amide bonds. The first-order chi connectivity index (χ1) is 51.0. The summed E-state index contributed by atoms with van der Waals surface area (Å²) in [6.45, 7) is 1.28. The van der Waals surface area contributed by atoms with Gasteiger partial charge in [0.15, 0.2) is 18.9 Å². The zero-order valence-electron chi connectivity index (χ0n) is 61.7. The van der Waals surface area contributed by atoms with Crippen molar-refractivity contribution in [1.82, 2.24) is 58.5 Å². The van der Waals surface area contributed by atoms with E-state index in [1.165, 1.54) is 14.0 Å². The molecule has 3 fully saturated rings. The number of aliphatic hydroxyl groups excluding tert-OH is 11. The van der Waals surface area contributed by atoms with E-state index >= 15 is 0 Å². The topological polar surface area (TPSA) is 607 Å². The van der Waals surface area contributed by atoms with Gasteiger partial charge in [0.1, 0.15) is 53.2 Å². The number of amides is 11. The standard InChI is InChI=1S/C67H119N11O29/c1-41(82)75-55-59(96)58(95)46(37-81)107-62(55)104-29-8-5-15-48(86)69-23-12-26-72-51(89)20-32-101-38-65(78-54(92)19-11-18-47(85)68-4,39-102-33-21-52(90)73-27-13-24-70-49(87)16-6-9-30-105-63(99)66(76-42(2)83)44(35-79)56(93)60(66)97)40-103-34-22-53(91)74-28-14-25-71-50(88)17-7-10-31-106-64(100)67(77-43(3)84)45(36-80)57(94)61(67)98/h44-46,55-64,79-81,93-100H,5-40H2,1-4H3,(H,68,85)(H,69,86)(H,70,87)(H,71,88)(H,72,89)(H,73,90)(H,74,91)(H,75,82)(H,76,83)(H,77,84)(H,78,92)/t44?,45?,46?,55-,56-,57-,58-,59?,60?,61?,62+,63-,64-,65?,66-,67-/m0/s1. The van der Waals surface area contributed by atoms with Gasteiger partial charge in [0.2, 0.25) is 65.0 Å². The Morgan fingerprint density at radius 1 is 0.411 bits per heavy atom. The first-order valence-electron chi connectivity index (χ1n) is 36.5. The predicted octanol–water partition coefficient (Wildman–Crippen LogP) is -8.58. The molecule has 2 saturated carbocycles. The van der Waals surface area contributed by atoms with Crippen LogP contribution in [0.15, 0.2) is 0 Å². The highest BCUT2D eigenvalue weighted by molar-refractivity contribution is 5.80. The van der Waals surface area contributed by atoms with Crippen molar-refractivity contribution in [2.75, 3.05) is 126 Å². The zero-order chi connectivity index (χ0) is 79.5. The molecule has 22 N–H and O–H groups in total. The molecular formula is C67H119N11O29. The molecule has 40 nitrogen and oxygen atoms in total. The summed E-state index contributed by atoms with van der Waals surface area (Å²) in [4.78, 5) is 137. The SMILES string of the molecule is CNC(=O)CCCC(=O)NC(COCCC(=O)NCCCNC(=O)CCCCO[C@@H]1OC(CO)[C@H](O)C(O)[C@@H]1NC(C)=O)(COCCC(=O)NCCCNC(=O)CCCCO[C@H](O)[C@@]1(NC(C)=O)C(O)[C@@H](O)C1CO)COCCC(=O)NCCCNC(=O)CCCCO[C@H](O)[C@@]1(NC(C)=O)C(O)[C@@H](O)C1CO. The highest BCUT2D eigenvalue weighted by Gasteiger charge is 2.67. The number of rotatable bonds is 58. The lowest BCUT2D eigenvalue weighted by atomic mass is 9.61. The molecule has 1 aliphatic heterocycles. The number of hydrogen-bond acceptors (Lipinski definition) is 29. The second-order valence-corrected chi connectivity index (χ2v) is 26.7. The molecule has 1 saturated heterocycles. The molecule has 0 bridgehead atoms. The molecule has 3 aliphatic rings. The van der Waals surface area contributed by atoms with E-state index in [-0.39, 0.29) is 180 Å². The quantitative estimate of drug-likeness (QED) is 0.0199. The van der Waals surface area contributed by atoms with Crippen LogP contribution in [0.5, 0.6) is 0 Å². The number of unbranched alkanes of at least 4 members (excludes halogenated alkanes) is 3. The van der Waals surface area contributed by atoms with Gasteiger partial charge in [-0.15, -0.1) is 0 Å². The van der Waals surface area contributed by atoms with E-state index in [0.717, 1.165) is 13.8 Å². The summed E-state index contributed by atoms with van der Waals surface area (Å²) in [6.07, 6.45) is -11.7. The molecule has 40 heteroatoms. The minimum Gasteiger partial charge on any atom is -0.396 e. The van der Waals surface area contributed by atoms with Gasteiger partial charge in [-0.25, -0.2) is 0 Å². The van der Waals surface area contributed by atoms with Crippen LogP contribution < -0.4 is 58.5 Å². The fraction of sp³-hybridized carbons (Fsp3) is 0.836. The molecule has 0 radical (unpaired) electrons. The Balaban J connectivity index is 1.50. The summed E-state index contributed by atoms with van der Waals surface area (Å²) in [6, 6.07) is -1.10. The Morgan fingerprint density at radius 3 is 1.11 bits per heavy atom. The van der Waals surface area contributed by atoms with Crippen LogP contribution in [0.2, 0.25) is 0 Å². The van der Waals surface area contributed by atoms with Crippen LogP contribution in [0, 0.1) is 11.8 Å². The Hall–Kier alpha value is -6.55. The smallest absolute Gasteiger partial charge is 0.222 e. The van der Waals surface area contributed by atoms with Gasteiger partial charge in [-0.1, -0.05) is 0 Å². The van der Waals surface area contributed by atoms with Crippen molar-refractivity contribution in [3.63, 3.8) is 0 Å². The molecule has 3 rings (SSSR count). The summed E-state index contributed by atoms with van der Waals surface area (Å²) in [5.74, 6) is -6.85. The maximum atomic E-state index is 13.6. The third-order valence-corrected chi connectivity index (χ3v) is 18.2. The molecule has 107 heavy (non-hydrogen) atoms. The van der Waals surface area contributed by atoms with Gasteiger partial charge in [-0.3, -0.25) is 52.7 Å². The summed E-state index contributed by atoms with van der Waals surface area (Å²) in [5.41, 5.74) is -5.14. The Bertz CT molecular complexity index is 2550. The molecule has 0 aromatic rings. The fourth-order valence-corrected chi connectivity index (χ4v) is 12.2. The maximum Gasteiger partial charge on any atom is 0.222 e. The average Bonchev–Trinajstić information content (AvgIpc) is 0.726. The lowest BCUT2D eigenvalue weighted by molar-refractivity contribution is -0.281. The van der Waals surface area contributed by atoms with Crippen molar-refractivity contribution in [1.29, 1.82) is 0 Å². The van der Waals surface area contributed by atoms with Gasteiger partial charge in [0.25, 0.3) is 0 Å². The predicted molar refractivity (Wildman–Crippen MR) is 372 cm³/mol. The number of ether oxygens (including phenoxy) is 7. The van der Waals surface area contributed by atoms with Crippen LogP contribution in [0.25, 0.3) is 0 Å². The summed E-state index contributed by atoms with van der Waals surface area (Å²) < 4.78 is 40.0. The van der Waals surface area contributed by atoms with Gasteiger partial charge in [0.05, 0.1) is 71.7 Å². The lowest BCUT2D eigenvalue weighted by Crippen LogP contribution is -2.82. The largest absolute Gasteiger partial charge is 0.396 e. The zero-order valence-corrected chi connectivity index (χ0v) is 61.7. The van der Waals surface area contributed by atoms with Gasteiger partial charge >= 0.3 is 0 Å². The summed E-state index contributed by atoms with van der Waals surface area (Å²) in [5, 5.41) is 141. The fourth-order valence-electron chi connectivity index (χ4n) is 12.2. The van der Waals surface area contributed by atoms with Crippen molar-refractivity contribution in [3.8, 4) is 0 Å². The summed E-state index contributed by atoms with van der Waals surface area (Å²) in [7, 11) is 1.45. The number of carbonyl (C=O) groups is 11. The van der Waals surface area contributed by atoms with Crippen molar-refractivity contribution in [2.24, 2.45) is 11.8 Å². The van der Waals surface area contributed by atoms with Crippen molar-refractivity contribution >= 4 is 65.0 Å². The van der Waals surface area contributed by atoms with Crippen LogP contribution in [0.4, 0.5) is 0 Å². The van der Waals surface area contributed by atoms with Crippen LogP contribution >= 0.6 is 0 Å². The van der Waals surface area contributed by atoms with Gasteiger partial charge in [0, 0.05) is 150 Å². The van der Waals surface area contributed by atoms with E-state index in [0.29, 0.717) is 57.8 Å². The van der Waals surface area contributed by atoms with Crippen LogP contribution in [0.3, 0.4) is 0 Å². The van der Waals surface area contributed by atoms with E-state index in [1.54, 1.807) is 0 Å². The molecule has 0 aromatic heterocycles.